The predicted molar refractivity (Wildman–Crippen MR) is 71.2 cm³/mol. The molecule has 2 aromatic rings. The van der Waals surface area contributed by atoms with Crippen LogP contribution in [0, 0.1) is 13.8 Å². The van der Waals surface area contributed by atoms with Crippen molar-refractivity contribution in [2.24, 2.45) is 0 Å². The SMILES string of the molecule is CC(=O)c1cnc2c(C)c(C(C)(C)C)nn2c1C. The molecule has 96 valence electrons. The van der Waals surface area contributed by atoms with Crippen molar-refractivity contribution >= 4 is 11.4 Å². The van der Waals surface area contributed by atoms with Crippen LogP contribution < -0.4 is 0 Å². The molecule has 2 rings (SSSR count). The quantitative estimate of drug-likeness (QED) is 0.726. The minimum atomic E-state index is -0.0272. The van der Waals surface area contributed by atoms with Crippen LogP contribution in [0.25, 0.3) is 5.65 Å². The molecule has 0 saturated heterocycles. The summed E-state index contributed by atoms with van der Waals surface area (Å²) in [5.41, 5.74) is 4.40. The number of hydrogen-bond acceptors (Lipinski definition) is 3. The van der Waals surface area contributed by atoms with Gasteiger partial charge < -0.3 is 0 Å². The Hall–Kier alpha value is -1.71. The van der Waals surface area contributed by atoms with E-state index in [0.717, 1.165) is 22.6 Å². The molecular weight excluding hydrogens is 226 g/mol. The third-order valence-electron chi connectivity index (χ3n) is 3.20. The maximum absolute atomic E-state index is 11.5. The van der Waals surface area contributed by atoms with Crippen molar-refractivity contribution in [1.29, 1.82) is 0 Å². The van der Waals surface area contributed by atoms with Crippen LogP contribution in [0.1, 0.15) is 55.0 Å². The molecule has 0 saturated carbocycles. The Morgan fingerprint density at radius 2 is 1.89 bits per heavy atom. The van der Waals surface area contributed by atoms with Crippen LogP contribution in [0.5, 0.6) is 0 Å². The summed E-state index contributed by atoms with van der Waals surface area (Å²) in [7, 11) is 0. The Bertz CT molecular complexity index is 633. The van der Waals surface area contributed by atoms with Gasteiger partial charge in [-0.25, -0.2) is 9.50 Å². The fourth-order valence-corrected chi connectivity index (χ4v) is 2.26. The van der Waals surface area contributed by atoms with E-state index in [1.54, 1.807) is 17.6 Å². The largest absolute Gasteiger partial charge is 0.294 e. The molecule has 2 aromatic heterocycles. The summed E-state index contributed by atoms with van der Waals surface area (Å²) < 4.78 is 1.78. The van der Waals surface area contributed by atoms with Gasteiger partial charge in [0.05, 0.1) is 17.0 Å². The van der Waals surface area contributed by atoms with Crippen molar-refractivity contribution in [3.05, 3.63) is 28.7 Å². The predicted octanol–water partition coefficient (Wildman–Crippen LogP) is 2.85. The van der Waals surface area contributed by atoms with E-state index in [9.17, 15) is 4.79 Å². The summed E-state index contributed by atoms with van der Waals surface area (Å²) in [6.07, 6.45) is 1.65. The smallest absolute Gasteiger partial charge is 0.163 e. The van der Waals surface area contributed by atoms with E-state index in [1.807, 2.05) is 13.8 Å². The standard InChI is InChI=1S/C14H19N3O/c1-8-12(14(4,5)6)16-17-9(2)11(10(3)18)7-15-13(8)17/h7H,1-6H3. The first-order chi connectivity index (χ1) is 8.23. The molecule has 0 fully saturated rings. The third kappa shape index (κ3) is 1.82. The fourth-order valence-electron chi connectivity index (χ4n) is 2.26. The molecule has 0 N–H and O–H groups in total. The van der Waals surface area contributed by atoms with E-state index in [4.69, 9.17) is 0 Å². The van der Waals surface area contributed by atoms with Crippen molar-refractivity contribution < 1.29 is 4.79 Å². The first kappa shape index (κ1) is 12.7. The summed E-state index contributed by atoms with van der Waals surface area (Å²) in [5.74, 6) is 0.0207. The van der Waals surface area contributed by atoms with Gasteiger partial charge in [-0.05, 0) is 20.8 Å². The average Bonchev–Trinajstić information content (AvgIpc) is 2.57. The zero-order valence-electron chi connectivity index (χ0n) is 11.8. The lowest BCUT2D eigenvalue weighted by molar-refractivity contribution is 0.101. The van der Waals surface area contributed by atoms with Crippen molar-refractivity contribution in [2.45, 2.75) is 47.0 Å². The molecule has 2 heterocycles. The number of aromatic nitrogens is 3. The number of carbonyl (C=O) groups excluding carboxylic acids is 1. The fraction of sp³-hybridized carbons (Fsp3) is 0.500. The molecular formula is C14H19N3O. The number of aryl methyl sites for hydroxylation is 2. The van der Waals surface area contributed by atoms with E-state index in [-0.39, 0.29) is 11.2 Å². The number of Topliss-reactive ketones (excluding diaryl/α,β-unsaturated/α-hetero) is 1. The number of carbonyl (C=O) groups is 1. The van der Waals surface area contributed by atoms with Crippen LogP contribution in [-0.4, -0.2) is 20.4 Å². The van der Waals surface area contributed by atoms with Gasteiger partial charge in [0.25, 0.3) is 0 Å². The van der Waals surface area contributed by atoms with Crippen molar-refractivity contribution in [3.63, 3.8) is 0 Å². The summed E-state index contributed by atoms with van der Waals surface area (Å²) in [5, 5.41) is 4.63. The minimum Gasteiger partial charge on any atom is -0.294 e. The number of hydrogen-bond donors (Lipinski definition) is 0. The number of ketones is 1. The van der Waals surface area contributed by atoms with Gasteiger partial charge in [-0.1, -0.05) is 20.8 Å². The van der Waals surface area contributed by atoms with Gasteiger partial charge in [0.15, 0.2) is 11.4 Å². The normalized spacial score (nSPS) is 12.1. The molecule has 0 amide bonds. The molecule has 0 radical (unpaired) electrons. The molecule has 0 aliphatic carbocycles. The zero-order chi connectivity index (χ0) is 13.7. The van der Waals surface area contributed by atoms with E-state index < -0.39 is 0 Å². The monoisotopic (exact) mass is 245 g/mol. The van der Waals surface area contributed by atoms with Crippen molar-refractivity contribution in [2.75, 3.05) is 0 Å². The highest BCUT2D eigenvalue weighted by atomic mass is 16.1. The van der Waals surface area contributed by atoms with Crippen LogP contribution in [0.4, 0.5) is 0 Å². The lowest BCUT2D eigenvalue weighted by Crippen LogP contribution is -2.13. The Labute approximate surface area is 107 Å². The van der Waals surface area contributed by atoms with E-state index >= 15 is 0 Å². The topological polar surface area (TPSA) is 47.3 Å². The Balaban J connectivity index is 2.81. The molecule has 18 heavy (non-hydrogen) atoms. The number of nitrogens with zero attached hydrogens (tertiary/aromatic N) is 3. The van der Waals surface area contributed by atoms with E-state index in [2.05, 4.69) is 30.9 Å². The zero-order valence-corrected chi connectivity index (χ0v) is 11.8. The van der Waals surface area contributed by atoms with E-state index in [1.165, 1.54) is 0 Å². The van der Waals surface area contributed by atoms with Crippen LogP contribution in [-0.2, 0) is 5.41 Å². The number of fused-ring (bicyclic) bond motifs is 1. The second kappa shape index (κ2) is 3.90. The first-order valence-electron chi connectivity index (χ1n) is 6.10. The van der Waals surface area contributed by atoms with Gasteiger partial charge in [-0.2, -0.15) is 5.10 Å². The average molecular weight is 245 g/mol. The van der Waals surface area contributed by atoms with Gasteiger partial charge in [0.1, 0.15) is 0 Å². The van der Waals surface area contributed by atoms with Gasteiger partial charge in [0, 0.05) is 17.2 Å². The molecule has 0 bridgehead atoms. The molecule has 0 atom stereocenters. The maximum Gasteiger partial charge on any atom is 0.163 e. The molecule has 0 spiro atoms. The lowest BCUT2D eigenvalue weighted by atomic mass is 9.90. The summed E-state index contributed by atoms with van der Waals surface area (Å²) in [4.78, 5) is 15.9. The summed E-state index contributed by atoms with van der Waals surface area (Å²) in [6.45, 7) is 11.9. The van der Waals surface area contributed by atoms with Crippen LogP contribution in [0.15, 0.2) is 6.20 Å². The van der Waals surface area contributed by atoms with Crippen molar-refractivity contribution in [1.82, 2.24) is 14.6 Å². The van der Waals surface area contributed by atoms with Gasteiger partial charge in [0.2, 0.25) is 0 Å². The molecule has 0 unspecified atom stereocenters. The summed E-state index contributed by atoms with van der Waals surface area (Å²) in [6, 6.07) is 0. The molecule has 4 heteroatoms. The second-order valence-electron chi connectivity index (χ2n) is 5.77. The van der Waals surface area contributed by atoms with Gasteiger partial charge in [-0.3, -0.25) is 4.79 Å². The van der Waals surface area contributed by atoms with Crippen LogP contribution >= 0.6 is 0 Å². The van der Waals surface area contributed by atoms with Crippen LogP contribution in [0.3, 0.4) is 0 Å². The Morgan fingerprint density at radius 1 is 1.28 bits per heavy atom. The highest BCUT2D eigenvalue weighted by Gasteiger charge is 2.23. The Morgan fingerprint density at radius 3 is 2.39 bits per heavy atom. The van der Waals surface area contributed by atoms with Crippen LogP contribution in [0.2, 0.25) is 0 Å². The molecule has 0 aliphatic heterocycles. The van der Waals surface area contributed by atoms with E-state index in [0.29, 0.717) is 5.56 Å². The highest BCUT2D eigenvalue weighted by Crippen LogP contribution is 2.27. The highest BCUT2D eigenvalue weighted by molar-refractivity contribution is 5.95. The molecule has 0 aromatic carbocycles. The molecule has 0 aliphatic rings. The minimum absolute atomic E-state index is 0.0207. The first-order valence-corrected chi connectivity index (χ1v) is 6.10. The Kier molecular flexibility index (Phi) is 2.76. The second-order valence-corrected chi connectivity index (χ2v) is 5.77. The van der Waals surface area contributed by atoms with Gasteiger partial charge in [-0.15, -0.1) is 0 Å². The molecule has 4 nitrogen and oxygen atoms in total. The maximum atomic E-state index is 11.5. The van der Waals surface area contributed by atoms with Crippen molar-refractivity contribution in [3.8, 4) is 0 Å². The number of rotatable bonds is 1. The third-order valence-corrected chi connectivity index (χ3v) is 3.20. The summed E-state index contributed by atoms with van der Waals surface area (Å²) >= 11 is 0. The van der Waals surface area contributed by atoms with Gasteiger partial charge >= 0.3 is 0 Å². The lowest BCUT2D eigenvalue weighted by Gasteiger charge is -2.15.